The normalized spacial score (nSPS) is 10.3. The highest BCUT2D eigenvalue weighted by molar-refractivity contribution is 6.31. The Bertz CT molecular complexity index is 560. The number of halogens is 2. The van der Waals surface area contributed by atoms with E-state index in [0.29, 0.717) is 17.0 Å². The van der Waals surface area contributed by atoms with Gasteiger partial charge in [0.2, 0.25) is 5.88 Å². The van der Waals surface area contributed by atoms with Crippen molar-refractivity contribution in [2.45, 2.75) is 0 Å². The standard InChI is InChI=1S/C12H9ClFNO2/c1-17-12-4-7(2-3-15-12)8-5-9(13)10(14)6-11(8)16/h2-6,16H,1H3. The lowest BCUT2D eigenvalue weighted by Crippen LogP contribution is -1.88. The molecule has 0 radical (unpaired) electrons. The first-order valence-electron chi connectivity index (χ1n) is 4.80. The number of aromatic nitrogens is 1. The summed E-state index contributed by atoms with van der Waals surface area (Å²) in [5, 5.41) is 9.63. The van der Waals surface area contributed by atoms with Gasteiger partial charge in [0.05, 0.1) is 12.1 Å². The van der Waals surface area contributed by atoms with Crippen LogP contribution in [0.3, 0.4) is 0 Å². The largest absolute Gasteiger partial charge is 0.507 e. The van der Waals surface area contributed by atoms with Crippen LogP contribution in [-0.4, -0.2) is 17.2 Å². The van der Waals surface area contributed by atoms with Crippen molar-refractivity contribution in [3.8, 4) is 22.8 Å². The summed E-state index contributed by atoms with van der Waals surface area (Å²) >= 11 is 5.68. The van der Waals surface area contributed by atoms with E-state index < -0.39 is 5.82 Å². The molecule has 2 aromatic rings. The maximum atomic E-state index is 13.1. The number of ether oxygens (including phenoxy) is 1. The predicted molar refractivity (Wildman–Crippen MR) is 62.9 cm³/mol. The molecule has 0 atom stereocenters. The molecule has 0 aliphatic rings. The summed E-state index contributed by atoms with van der Waals surface area (Å²) < 4.78 is 18.1. The Labute approximate surface area is 102 Å². The third-order valence-corrected chi connectivity index (χ3v) is 2.58. The molecule has 0 aliphatic carbocycles. The lowest BCUT2D eigenvalue weighted by molar-refractivity contribution is 0.398. The van der Waals surface area contributed by atoms with E-state index in [4.69, 9.17) is 16.3 Å². The van der Waals surface area contributed by atoms with Gasteiger partial charge in [0, 0.05) is 23.9 Å². The molecule has 0 spiro atoms. The highest BCUT2D eigenvalue weighted by Gasteiger charge is 2.10. The van der Waals surface area contributed by atoms with Crippen LogP contribution in [0.4, 0.5) is 4.39 Å². The molecule has 0 fully saturated rings. The fourth-order valence-electron chi connectivity index (χ4n) is 1.46. The summed E-state index contributed by atoms with van der Waals surface area (Å²) in [5.74, 6) is -0.434. The van der Waals surface area contributed by atoms with Crippen LogP contribution in [0.5, 0.6) is 11.6 Å². The zero-order chi connectivity index (χ0) is 12.4. The molecule has 1 aromatic carbocycles. The van der Waals surface area contributed by atoms with Crippen LogP contribution in [0, 0.1) is 5.82 Å². The fraction of sp³-hybridized carbons (Fsp3) is 0.0833. The second-order valence-corrected chi connectivity index (χ2v) is 3.78. The highest BCUT2D eigenvalue weighted by Crippen LogP contribution is 2.34. The van der Waals surface area contributed by atoms with Crippen molar-refractivity contribution in [1.82, 2.24) is 4.98 Å². The minimum Gasteiger partial charge on any atom is -0.507 e. The van der Waals surface area contributed by atoms with E-state index in [1.165, 1.54) is 19.4 Å². The van der Waals surface area contributed by atoms with Crippen molar-refractivity contribution in [2.24, 2.45) is 0 Å². The number of phenols is 1. The highest BCUT2D eigenvalue weighted by atomic mass is 35.5. The quantitative estimate of drug-likeness (QED) is 0.893. The van der Waals surface area contributed by atoms with Crippen molar-refractivity contribution < 1.29 is 14.2 Å². The Morgan fingerprint density at radius 1 is 1.35 bits per heavy atom. The van der Waals surface area contributed by atoms with Crippen molar-refractivity contribution in [3.05, 3.63) is 41.3 Å². The lowest BCUT2D eigenvalue weighted by Gasteiger charge is -2.07. The zero-order valence-electron chi connectivity index (χ0n) is 8.95. The average molecular weight is 254 g/mol. The number of benzene rings is 1. The molecule has 5 heteroatoms. The lowest BCUT2D eigenvalue weighted by atomic mass is 10.1. The fourth-order valence-corrected chi connectivity index (χ4v) is 1.62. The number of phenolic OH excluding ortho intramolecular Hbond substituents is 1. The summed E-state index contributed by atoms with van der Waals surface area (Å²) in [6.45, 7) is 0. The van der Waals surface area contributed by atoms with Gasteiger partial charge in [-0.15, -0.1) is 0 Å². The van der Waals surface area contributed by atoms with Gasteiger partial charge in [-0.2, -0.15) is 0 Å². The SMILES string of the molecule is COc1cc(-c2cc(Cl)c(F)cc2O)ccn1. The number of pyridine rings is 1. The van der Waals surface area contributed by atoms with Crippen LogP contribution in [0.2, 0.25) is 5.02 Å². The molecule has 1 aromatic heterocycles. The molecule has 3 nitrogen and oxygen atoms in total. The molecule has 17 heavy (non-hydrogen) atoms. The van der Waals surface area contributed by atoms with Gasteiger partial charge in [-0.1, -0.05) is 11.6 Å². The maximum Gasteiger partial charge on any atom is 0.213 e. The van der Waals surface area contributed by atoms with E-state index in [9.17, 15) is 9.50 Å². The smallest absolute Gasteiger partial charge is 0.213 e. The first-order valence-corrected chi connectivity index (χ1v) is 5.18. The molecular weight excluding hydrogens is 245 g/mol. The van der Waals surface area contributed by atoms with Crippen molar-refractivity contribution in [3.63, 3.8) is 0 Å². The second kappa shape index (κ2) is 4.59. The Hall–Kier alpha value is -1.81. The maximum absolute atomic E-state index is 13.1. The molecule has 0 bridgehead atoms. The molecule has 1 N–H and O–H groups in total. The molecule has 0 amide bonds. The van der Waals surface area contributed by atoms with Gasteiger partial charge in [-0.05, 0) is 17.7 Å². The summed E-state index contributed by atoms with van der Waals surface area (Å²) in [5.41, 5.74) is 1.08. The molecular formula is C12H9ClFNO2. The summed E-state index contributed by atoms with van der Waals surface area (Å²) in [6.07, 6.45) is 1.53. The molecule has 0 saturated carbocycles. The topological polar surface area (TPSA) is 42.4 Å². The van der Waals surface area contributed by atoms with Crippen LogP contribution in [-0.2, 0) is 0 Å². The monoisotopic (exact) mass is 253 g/mol. The number of aromatic hydroxyl groups is 1. The number of nitrogens with zero attached hydrogens (tertiary/aromatic N) is 1. The zero-order valence-corrected chi connectivity index (χ0v) is 9.70. The first kappa shape index (κ1) is 11.7. The Morgan fingerprint density at radius 2 is 2.12 bits per heavy atom. The van der Waals surface area contributed by atoms with Crippen molar-refractivity contribution in [2.75, 3.05) is 7.11 Å². The summed E-state index contributed by atoms with van der Waals surface area (Å²) in [6, 6.07) is 5.64. The first-order chi connectivity index (χ1) is 8.11. The Kier molecular flexibility index (Phi) is 3.15. The van der Waals surface area contributed by atoms with Crippen LogP contribution in [0.1, 0.15) is 0 Å². The summed E-state index contributed by atoms with van der Waals surface area (Å²) in [7, 11) is 1.49. The van der Waals surface area contributed by atoms with E-state index >= 15 is 0 Å². The van der Waals surface area contributed by atoms with E-state index in [0.717, 1.165) is 6.07 Å². The van der Waals surface area contributed by atoms with E-state index in [2.05, 4.69) is 4.98 Å². The van der Waals surface area contributed by atoms with Crippen LogP contribution < -0.4 is 4.74 Å². The predicted octanol–water partition coefficient (Wildman–Crippen LogP) is 3.26. The Morgan fingerprint density at radius 3 is 2.82 bits per heavy atom. The van der Waals surface area contributed by atoms with Gasteiger partial charge in [-0.25, -0.2) is 9.37 Å². The van der Waals surface area contributed by atoms with E-state index in [1.807, 2.05) is 0 Å². The third-order valence-electron chi connectivity index (χ3n) is 2.29. The van der Waals surface area contributed by atoms with Crippen LogP contribution >= 0.6 is 11.6 Å². The minimum atomic E-state index is -0.658. The van der Waals surface area contributed by atoms with Crippen LogP contribution in [0.15, 0.2) is 30.5 Å². The number of hydrogen-bond acceptors (Lipinski definition) is 3. The van der Waals surface area contributed by atoms with Gasteiger partial charge >= 0.3 is 0 Å². The molecule has 0 saturated heterocycles. The Balaban J connectivity index is 2.56. The molecule has 2 rings (SSSR count). The molecule has 0 aliphatic heterocycles. The second-order valence-electron chi connectivity index (χ2n) is 3.37. The van der Waals surface area contributed by atoms with E-state index in [1.54, 1.807) is 12.1 Å². The summed E-state index contributed by atoms with van der Waals surface area (Å²) in [4.78, 5) is 3.94. The van der Waals surface area contributed by atoms with Crippen LogP contribution in [0.25, 0.3) is 11.1 Å². The number of hydrogen-bond donors (Lipinski definition) is 1. The molecule has 0 unspecified atom stereocenters. The molecule has 88 valence electrons. The van der Waals surface area contributed by atoms with Gasteiger partial charge in [0.15, 0.2) is 0 Å². The van der Waals surface area contributed by atoms with Gasteiger partial charge in [-0.3, -0.25) is 0 Å². The number of methoxy groups -OCH3 is 1. The van der Waals surface area contributed by atoms with Crippen molar-refractivity contribution in [1.29, 1.82) is 0 Å². The van der Waals surface area contributed by atoms with Gasteiger partial charge in [0.25, 0.3) is 0 Å². The molecule has 1 heterocycles. The van der Waals surface area contributed by atoms with E-state index in [-0.39, 0.29) is 10.8 Å². The average Bonchev–Trinajstić information content (AvgIpc) is 2.34. The van der Waals surface area contributed by atoms with Gasteiger partial charge in [0.1, 0.15) is 11.6 Å². The van der Waals surface area contributed by atoms with Crippen molar-refractivity contribution >= 4 is 11.6 Å². The third kappa shape index (κ3) is 2.31. The minimum absolute atomic E-state index is 0.0476. The number of rotatable bonds is 2. The van der Waals surface area contributed by atoms with Gasteiger partial charge < -0.3 is 9.84 Å².